The molecule has 0 saturated carbocycles. The molecule has 2 heterocycles. The number of nitrogens with zero attached hydrogens (tertiary/aromatic N) is 1. The van der Waals surface area contributed by atoms with Crippen molar-refractivity contribution in [3.8, 4) is 11.6 Å². The van der Waals surface area contributed by atoms with Crippen molar-refractivity contribution in [2.75, 3.05) is 34.0 Å². The fraction of sp³-hybridized carbons (Fsp3) is 0.389. The summed E-state index contributed by atoms with van der Waals surface area (Å²) < 4.78 is 15.7. The molecule has 0 spiro atoms. The minimum absolute atomic E-state index is 0.204. The highest BCUT2D eigenvalue weighted by molar-refractivity contribution is 6.01. The third kappa shape index (κ3) is 5.06. The van der Waals surface area contributed by atoms with Gasteiger partial charge >= 0.3 is 0 Å². The Balaban J connectivity index is 0.000000342. The van der Waals surface area contributed by atoms with Crippen LogP contribution < -0.4 is 20.5 Å². The number of hydrogen-bond donors (Lipinski definition) is 2. The van der Waals surface area contributed by atoms with Gasteiger partial charge < -0.3 is 25.3 Å². The number of carbonyl (C=O) groups is 2. The van der Waals surface area contributed by atoms with Gasteiger partial charge in [0.1, 0.15) is 12.4 Å². The van der Waals surface area contributed by atoms with E-state index in [-0.39, 0.29) is 5.91 Å². The Morgan fingerprint density at radius 2 is 2.12 bits per heavy atom. The van der Waals surface area contributed by atoms with Crippen molar-refractivity contribution in [1.82, 2.24) is 10.3 Å². The van der Waals surface area contributed by atoms with Crippen LogP contribution in [-0.4, -0.2) is 50.8 Å². The Morgan fingerprint density at radius 1 is 1.31 bits per heavy atom. The third-order valence-corrected chi connectivity index (χ3v) is 3.73. The first-order valence-corrected chi connectivity index (χ1v) is 8.21. The first-order chi connectivity index (χ1) is 12.6. The normalized spacial score (nSPS) is 12.9. The van der Waals surface area contributed by atoms with Gasteiger partial charge in [-0.15, -0.1) is 0 Å². The van der Waals surface area contributed by atoms with Gasteiger partial charge in [0.05, 0.1) is 19.3 Å². The van der Waals surface area contributed by atoms with Gasteiger partial charge in [0.15, 0.2) is 0 Å². The van der Waals surface area contributed by atoms with Crippen LogP contribution in [0.15, 0.2) is 24.4 Å². The fourth-order valence-corrected chi connectivity index (χ4v) is 2.45. The number of primary amides is 1. The van der Waals surface area contributed by atoms with Gasteiger partial charge in [-0.25, -0.2) is 4.98 Å². The Hall–Kier alpha value is -2.87. The van der Waals surface area contributed by atoms with Gasteiger partial charge in [0.25, 0.3) is 5.91 Å². The van der Waals surface area contributed by atoms with Gasteiger partial charge in [0, 0.05) is 31.7 Å². The maximum absolute atomic E-state index is 11.5. The van der Waals surface area contributed by atoms with E-state index in [1.54, 1.807) is 31.5 Å². The van der Waals surface area contributed by atoms with E-state index in [0.717, 1.165) is 30.2 Å². The topological polar surface area (TPSA) is 113 Å². The third-order valence-electron chi connectivity index (χ3n) is 3.73. The molecule has 1 aliphatic heterocycles. The molecule has 0 aliphatic carbocycles. The second-order valence-electron chi connectivity index (χ2n) is 5.55. The summed E-state index contributed by atoms with van der Waals surface area (Å²) in [6, 6.07) is 5.16. The zero-order valence-electron chi connectivity index (χ0n) is 14.9. The monoisotopic (exact) mass is 361 g/mol. The highest BCUT2D eigenvalue weighted by Crippen LogP contribution is 2.30. The van der Waals surface area contributed by atoms with Crippen LogP contribution in [0.4, 0.5) is 0 Å². The molecule has 8 heteroatoms. The zero-order chi connectivity index (χ0) is 18.9. The van der Waals surface area contributed by atoms with Crippen LogP contribution in [0.2, 0.25) is 0 Å². The van der Waals surface area contributed by atoms with Crippen LogP contribution in [0.5, 0.6) is 11.6 Å². The summed E-state index contributed by atoms with van der Waals surface area (Å²) in [6.45, 7) is 1.63. The molecule has 1 saturated heterocycles. The first-order valence-electron chi connectivity index (χ1n) is 8.21. The molecule has 0 unspecified atom stereocenters. The number of carbonyl (C=O) groups excluding carboxylic acids is 2. The molecule has 1 fully saturated rings. The molecular formula is C18H23N3O5. The number of pyridine rings is 1. The van der Waals surface area contributed by atoms with Crippen molar-refractivity contribution >= 4 is 22.6 Å². The quantitative estimate of drug-likeness (QED) is 0.749. The van der Waals surface area contributed by atoms with Crippen molar-refractivity contribution in [2.45, 2.75) is 12.8 Å². The molecule has 1 aliphatic rings. The predicted octanol–water partition coefficient (Wildman–Crippen LogP) is 1.26. The van der Waals surface area contributed by atoms with E-state index >= 15 is 0 Å². The highest BCUT2D eigenvalue weighted by atomic mass is 16.5. The molecule has 8 nitrogen and oxygen atoms in total. The maximum atomic E-state index is 11.5. The first kappa shape index (κ1) is 19.5. The summed E-state index contributed by atoms with van der Waals surface area (Å²) in [6.07, 6.45) is 3.37. The van der Waals surface area contributed by atoms with Crippen molar-refractivity contribution in [2.24, 2.45) is 5.73 Å². The van der Waals surface area contributed by atoms with Gasteiger partial charge in [-0.3, -0.25) is 9.59 Å². The van der Waals surface area contributed by atoms with Gasteiger partial charge in [-0.05, 0) is 30.0 Å². The number of aromatic nitrogens is 1. The Morgan fingerprint density at radius 3 is 2.65 bits per heavy atom. The summed E-state index contributed by atoms with van der Waals surface area (Å²) in [5.41, 5.74) is 5.70. The average Bonchev–Trinajstić information content (AvgIpc) is 3.12. The van der Waals surface area contributed by atoms with Crippen LogP contribution in [0, 0.1) is 0 Å². The average molecular weight is 361 g/mol. The van der Waals surface area contributed by atoms with E-state index in [1.807, 2.05) is 0 Å². The number of rotatable bonds is 6. The predicted molar refractivity (Wildman–Crippen MR) is 96.4 cm³/mol. The van der Waals surface area contributed by atoms with Crippen LogP contribution in [0.25, 0.3) is 10.8 Å². The highest BCUT2D eigenvalue weighted by Gasteiger charge is 2.14. The summed E-state index contributed by atoms with van der Waals surface area (Å²) in [5, 5.41) is 4.25. The second kappa shape index (κ2) is 9.57. The second-order valence-corrected chi connectivity index (χ2v) is 5.55. The minimum Gasteiger partial charge on any atom is -0.490 e. The summed E-state index contributed by atoms with van der Waals surface area (Å²) in [5.74, 6) is 0.522. The Labute approximate surface area is 151 Å². The molecule has 26 heavy (non-hydrogen) atoms. The van der Waals surface area contributed by atoms with Gasteiger partial charge in [-0.2, -0.15) is 0 Å². The van der Waals surface area contributed by atoms with E-state index < -0.39 is 5.91 Å². The van der Waals surface area contributed by atoms with E-state index in [1.165, 1.54) is 7.11 Å². The molecule has 0 radical (unpaired) electrons. The van der Waals surface area contributed by atoms with E-state index in [0.29, 0.717) is 30.4 Å². The smallest absolute Gasteiger partial charge is 0.252 e. The number of benzene rings is 1. The molecule has 2 amide bonds. The lowest BCUT2D eigenvalue weighted by Gasteiger charge is -2.12. The number of nitrogens with two attached hydrogens (primary N) is 1. The minimum atomic E-state index is -0.546. The van der Waals surface area contributed by atoms with E-state index in [9.17, 15) is 9.59 Å². The van der Waals surface area contributed by atoms with Crippen LogP contribution in [0.3, 0.4) is 0 Å². The number of fused-ring (bicyclic) bond motifs is 1. The van der Waals surface area contributed by atoms with Crippen molar-refractivity contribution in [3.63, 3.8) is 0 Å². The lowest BCUT2D eigenvalue weighted by atomic mass is 10.1. The van der Waals surface area contributed by atoms with Crippen LogP contribution >= 0.6 is 0 Å². The lowest BCUT2D eigenvalue weighted by Crippen LogP contribution is -2.14. The molecule has 2 aromatic rings. The number of hydrogen-bond acceptors (Lipinski definition) is 6. The molecule has 1 aromatic heterocycles. The number of nitrogens with one attached hydrogen (secondary N) is 1. The Kier molecular flexibility index (Phi) is 7.16. The number of ether oxygens (including phenoxy) is 3. The van der Waals surface area contributed by atoms with Crippen LogP contribution in [0.1, 0.15) is 23.2 Å². The van der Waals surface area contributed by atoms with E-state index in [4.69, 9.17) is 19.9 Å². The molecular weight excluding hydrogens is 338 g/mol. The molecule has 0 atom stereocenters. The summed E-state index contributed by atoms with van der Waals surface area (Å²) >= 11 is 0. The number of methoxy groups -OCH3 is 2. The van der Waals surface area contributed by atoms with Crippen molar-refractivity contribution in [3.05, 3.63) is 30.0 Å². The fourth-order valence-electron chi connectivity index (χ4n) is 2.45. The SMILES string of the molecule is COCCOc1cc2c(OC)nccc2cc1C(N)=O.O=C1CCCN1. The van der Waals surface area contributed by atoms with Crippen molar-refractivity contribution in [1.29, 1.82) is 0 Å². The summed E-state index contributed by atoms with van der Waals surface area (Å²) in [4.78, 5) is 25.8. The molecule has 3 rings (SSSR count). The van der Waals surface area contributed by atoms with Crippen molar-refractivity contribution < 1.29 is 23.8 Å². The standard InChI is InChI=1S/C14H16N2O4.C4H7NO/c1-18-5-6-20-12-8-10-9(7-11(12)13(15)17)3-4-16-14(10)19-2;6-4-2-1-3-5-4/h3-4,7-8H,5-6H2,1-2H3,(H2,15,17);1-3H2,(H,5,6). The van der Waals surface area contributed by atoms with E-state index in [2.05, 4.69) is 10.3 Å². The largest absolute Gasteiger partial charge is 0.490 e. The van der Waals surface area contributed by atoms with Gasteiger partial charge in [0.2, 0.25) is 11.8 Å². The Bertz CT molecular complexity index is 771. The lowest BCUT2D eigenvalue weighted by molar-refractivity contribution is -0.119. The summed E-state index contributed by atoms with van der Waals surface area (Å²) in [7, 11) is 3.11. The van der Waals surface area contributed by atoms with Crippen LogP contribution in [-0.2, 0) is 9.53 Å². The van der Waals surface area contributed by atoms with Gasteiger partial charge in [-0.1, -0.05) is 0 Å². The zero-order valence-corrected chi connectivity index (χ0v) is 14.9. The molecule has 1 aromatic carbocycles. The number of amides is 2. The molecule has 3 N–H and O–H groups in total. The molecule has 0 bridgehead atoms. The molecule has 140 valence electrons. The maximum Gasteiger partial charge on any atom is 0.252 e.